The highest BCUT2D eigenvalue weighted by Gasteiger charge is 2.67. The zero-order valence-corrected chi connectivity index (χ0v) is 35.8. The Morgan fingerprint density at radius 2 is 1.42 bits per heavy atom. The van der Waals surface area contributed by atoms with E-state index in [0.29, 0.717) is 12.5 Å². The van der Waals surface area contributed by atoms with Gasteiger partial charge in [-0.15, -0.1) is 4.57 Å². The van der Waals surface area contributed by atoms with Crippen molar-refractivity contribution in [2.75, 3.05) is 0 Å². The van der Waals surface area contributed by atoms with Crippen molar-refractivity contribution in [3.63, 3.8) is 0 Å². The lowest BCUT2D eigenvalue weighted by Crippen LogP contribution is -2.62. The van der Waals surface area contributed by atoms with Gasteiger partial charge in [0.2, 0.25) is 5.69 Å². The summed E-state index contributed by atoms with van der Waals surface area (Å²) in [6.07, 6.45) is 2.56. The molecule has 4 nitrogen and oxygen atoms in total. The van der Waals surface area contributed by atoms with Crippen LogP contribution < -0.4 is 14.3 Å². The minimum absolute atomic E-state index is 0.0316. The number of hydrogen-bond acceptors (Lipinski definition) is 1. The molecular formula is C53H48FN3OSi+2. The van der Waals surface area contributed by atoms with E-state index in [1.807, 2.05) is 12.1 Å². The normalized spacial score (nSPS) is 15.7. The van der Waals surface area contributed by atoms with Gasteiger partial charge in [-0.05, 0) is 76.6 Å². The lowest BCUT2D eigenvalue weighted by atomic mass is 9.75. The SMILES string of the molecule is CC(C)C(C)(C)c1cc2[n+](cc1[Si](C)(C)C)C1(c3ccccc3-2)c2ccc3c(oc4c(-c5ccc(F)cc5)cccc43)c2-c2n1c1ccccc1[n+]2Cc1ccccc1. The number of pyridine rings is 1. The first kappa shape index (κ1) is 36.0. The van der Waals surface area contributed by atoms with E-state index >= 15 is 0 Å². The molecule has 0 saturated heterocycles. The Bertz CT molecular complexity index is 3190. The highest BCUT2D eigenvalue weighted by Crippen LogP contribution is 2.55. The minimum atomic E-state index is -1.92. The van der Waals surface area contributed by atoms with Gasteiger partial charge in [0.25, 0.3) is 0 Å². The number of benzene rings is 6. The molecule has 0 bridgehead atoms. The maximum atomic E-state index is 14.2. The molecule has 1 atom stereocenters. The molecule has 5 heterocycles. The van der Waals surface area contributed by atoms with E-state index in [9.17, 15) is 4.39 Å². The second-order valence-corrected chi connectivity index (χ2v) is 23.6. The quantitative estimate of drug-likeness (QED) is 0.122. The Labute approximate surface area is 345 Å². The van der Waals surface area contributed by atoms with Gasteiger partial charge in [-0.3, -0.25) is 0 Å². The molecule has 2 aliphatic heterocycles. The van der Waals surface area contributed by atoms with Gasteiger partial charge in [-0.2, -0.15) is 4.57 Å². The first-order valence-corrected chi connectivity index (χ1v) is 24.4. The van der Waals surface area contributed by atoms with Gasteiger partial charge < -0.3 is 4.42 Å². The molecular weight excluding hydrogens is 742 g/mol. The molecule has 9 aromatic rings. The summed E-state index contributed by atoms with van der Waals surface area (Å²) in [6, 6.07) is 49.1. The molecule has 0 aliphatic carbocycles. The second kappa shape index (κ2) is 12.4. The van der Waals surface area contributed by atoms with E-state index in [1.165, 1.54) is 61.9 Å². The van der Waals surface area contributed by atoms with E-state index in [1.54, 1.807) is 0 Å². The first-order chi connectivity index (χ1) is 28.4. The van der Waals surface area contributed by atoms with E-state index < -0.39 is 13.7 Å². The van der Waals surface area contributed by atoms with Gasteiger partial charge in [0.1, 0.15) is 23.5 Å². The number of furan rings is 1. The van der Waals surface area contributed by atoms with Crippen LogP contribution in [0.4, 0.5) is 4.39 Å². The third kappa shape index (κ3) is 4.87. The van der Waals surface area contributed by atoms with Crippen molar-refractivity contribution in [2.45, 2.75) is 65.0 Å². The summed E-state index contributed by atoms with van der Waals surface area (Å²) in [5.41, 5.74) is 13.8. The summed E-state index contributed by atoms with van der Waals surface area (Å²) in [6.45, 7) is 17.8. The minimum Gasteiger partial charge on any atom is -0.454 e. The fourth-order valence-corrected chi connectivity index (χ4v) is 11.9. The van der Waals surface area contributed by atoms with E-state index in [4.69, 9.17) is 4.42 Å². The Morgan fingerprint density at radius 1 is 0.729 bits per heavy atom. The van der Waals surface area contributed by atoms with Crippen molar-refractivity contribution < 1.29 is 17.9 Å². The number of nitrogens with zero attached hydrogens (tertiary/aromatic N) is 3. The smallest absolute Gasteiger partial charge is 0.364 e. The molecule has 0 N–H and O–H groups in total. The van der Waals surface area contributed by atoms with Gasteiger partial charge in [0.15, 0.2) is 22.8 Å². The molecule has 6 aromatic carbocycles. The zero-order valence-electron chi connectivity index (χ0n) is 34.8. The average molecular weight is 790 g/mol. The maximum Gasteiger partial charge on any atom is 0.364 e. The Balaban J connectivity index is 1.33. The van der Waals surface area contributed by atoms with Crippen molar-refractivity contribution in [1.29, 1.82) is 0 Å². The average Bonchev–Trinajstić information content (AvgIpc) is 3.94. The van der Waals surface area contributed by atoms with Crippen molar-refractivity contribution in [3.8, 4) is 33.8 Å². The highest BCUT2D eigenvalue weighted by molar-refractivity contribution is 6.89. The predicted molar refractivity (Wildman–Crippen MR) is 240 cm³/mol. The summed E-state index contributed by atoms with van der Waals surface area (Å²) in [7, 11) is -1.92. The molecule has 2 aliphatic rings. The maximum absolute atomic E-state index is 14.2. The van der Waals surface area contributed by atoms with Crippen LogP contribution in [0.2, 0.25) is 19.6 Å². The Kier molecular flexibility index (Phi) is 7.60. The van der Waals surface area contributed by atoms with Gasteiger partial charge in [0.05, 0.1) is 24.8 Å². The van der Waals surface area contributed by atoms with E-state index in [2.05, 4.69) is 182 Å². The molecule has 0 fully saturated rings. The molecule has 0 radical (unpaired) electrons. The van der Waals surface area contributed by atoms with Crippen LogP contribution in [0.5, 0.6) is 0 Å². The molecule has 0 amide bonds. The number of para-hydroxylation sites is 3. The topological polar surface area (TPSA) is 25.8 Å². The second-order valence-electron chi connectivity index (χ2n) is 18.6. The Morgan fingerprint density at radius 3 is 2.19 bits per heavy atom. The van der Waals surface area contributed by atoms with Crippen LogP contribution >= 0.6 is 0 Å². The van der Waals surface area contributed by atoms with Crippen LogP contribution in [0.3, 0.4) is 0 Å². The van der Waals surface area contributed by atoms with E-state index in [0.717, 1.165) is 44.5 Å². The first-order valence-electron chi connectivity index (χ1n) is 20.9. The van der Waals surface area contributed by atoms with Crippen LogP contribution in [0.1, 0.15) is 49.9 Å². The van der Waals surface area contributed by atoms with Crippen LogP contribution in [-0.4, -0.2) is 12.6 Å². The zero-order chi connectivity index (χ0) is 40.6. The van der Waals surface area contributed by atoms with E-state index in [-0.39, 0.29) is 11.2 Å². The van der Waals surface area contributed by atoms with Crippen LogP contribution in [0, 0.1) is 11.7 Å². The number of aromatic nitrogens is 3. The molecule has 3 aromatic heterocycles. The largest absolute Gasteiger partial charge is 0.454 e. The lowest BCUT2D eigenvalue weighted by Gasteiger charge is -2.34. The summed E-state index contributed by atoms with van der Waals surface area (Å²) in [4.78, 5) is 0. The fraction of sp³-hybridized carbons (Fsp3) is 0.208. The van der Waals surface area contributed by atoms with Crippen molar-refractivity contribution in [1.82, 2.24) is 4.57 Å². The third-order valence-corrected chi connectivity index (χ3v) is 15.8. The predicted octanol–water partition coefficient (Wildman–Crippen LogP) is 11.7. The van der Waals surface area contributed by atoms with Crippen LogP contribution in [0.15, 0.2) is 150 Å². The van der Waals surface area contributed by atoms with Crippen molar-refractivity contribution >= 4 is 46.2 Å². The number of rotatable bonds is 6. The lowest BCUT2D eigenvalue weighted by molar-refractivity contribution is -0.734. The number of imidazole rings is 1. The molecule has 290 valence electrons. The fourth-order valence-electron chi connectivity index (χ4n) is 10.2. The molecule has 0 saturated carbocycles. The van der Waals surface area contributed by atoms with Crippen LogP contribution in [-0.2, 0) is 17.6 Å². The summed E-state index contributed by atoms with van der Waals surface area (Å²) in [5, 5.41) is 3.60. The van der Waals surface area contributed by atoms with Crippen LogP contribution in [0.25, 0.3) is 66.7 Å². The van der Waals surface area contributed by atoms with Crippen molar-refractivity contribution in [2.24, 2.45) is 5.92 Å². The van der Waals surface area contributed by atoms with Gasteiger partial charge in [-0.1, -0.05) is 132 Å². The molecule has 11 rings (SSSR count). The van der Waals surface area contributed by atoms with Gasteiger partial charge in [0, 0.05) is 27.6 Å². The monoisotopic (exact) mass is 789 g/mol. The summed E-state index contributed by atoms with van der Waals surface area (Å²) >= 11 is 0. The number of hydrogen-bond donors (Lipinski definition) is 0. The molecule has 59 heavy (non-hydrogen) atoms. The van der Waals surface area contributed by atoms with Crippen molar-refractivity contribution in [3.05, 3.63) is 174 Å². The molecule has 1 spiro atoms. The number of halogens is 1. The third-order valence-electron chi connectivity index (χ3n) is 13.8. The van der Waals surface area contributed by atoms with Gasteiger partial charge in [-0.25, -0.2) is 8.96 Å². The number of fused-ring (bicyclic) bond motifs is 16. The standard InChI is InChI=1S/C53H48FN3OSi/c1-33(2)52(3,4)43-30-46-40-18-11-12-21-41(40)53(56(46)32-47(43)59(5,6)7)42-29-28-39-38-20-15-19-37(35-24-26-36(54)27-25-35)49(38)58-50(39)48(42)51-55(31-34-16-9-8-10-17-34)44-22-13-14-23-45(44)57(51)53/h8-30,32-33H,31H2,1-7H3/q+2. The summed E-state index contributed by atoms with van der Waals surface area (Å²) < 4.78 is 29.3. The Hall–Kier alpha value is -6.11. The molecule has 6 heteroatoms. The van der Waals surface area contributed by atoms with Gasteiger partial charge >= 0.3 is 11.5 Å². The highest BCUT2D eigenvalue weighted by atomic mass is 28.3. The molecule has 1 unspecified atom stereocenters. The summed E-state index contributed by atoms with van der Waals surface area (Å²) in [5.74, 6) is 1.32.